The minimum absolute atomic E-state index is 0.840. The largest absolute Gasteiger partial charge is 0.236 e. The molecule has 0 fully saturated rings. The molecule has 1 heterocycles. The smallest absolute Gasteiger partial charge is 0.147 e. The topological polar surface area (TPSA) is 24.7 Å². The Morgan fingerprint density at radius 3 is 2.78 bits per heavy atom. The van der Waals surface area contributed by atoms with Gasteiger partial charge in [-0.2, -0.15) is 0 Å². The molecule has 48 valence electrons. The van der Waals surface area contributed by atoms with Crippen LogP contribution in [0.3, 0.4) is 0 Å². The maximum absolute atomic E-state index is 4.18. The molecular formula is C7H10N2. The third kappa shape index (κ3) is 1.25. The zero-order valence-corrected chi connectivity index (χ0v) is 5.76. The van der Waals surface area contributed by atoms with Gasteiger partial charge in [0.25, 0.3) is 0 Å². The molecule has 1 rings (SSSR count). The lowest BCUT2D eigenvalue weighted by atomic mass is 10.3. The predicted molar refractivity (Wildman–Crippen MR) is 40.0 cm³/mol. The highest BCUT2D eigenvalue weighted by molar-refractivity contribution is 6.32. The molecular weight excluding hydrogens is 112 g/mol. The van der Waals surface area contributed by atoms with Gasteiger partial charge in [0.15, 0.2) is 0 Å². The highest BCUT2D eigenvalue weighted by Gasteiger charge is 1.99. The summed E-state index contributed by atoms with van der Waals surface area (Å²) in [4.78, 5) is 8.22. The molecule has 0 saturated heterocycles. The Kier molecular flexibility index (Phi) is 1.78. The first-order valence-corrected chi connectivity index (χ1v) is 3.14. The third-order valence-electron chi connectivity index (χ3n) is 1.22. The number of allylic oxidation sites excluding steroid dienone is 1. The van der Waals surface area contributed by atoms with Crippen LogP contribution in [0.25, 0.3) is 0 Å². The summed E-state index contributed by atoms with van der Waals surface area (Å²) in [5, 5.41) is 0. The number of nitrogens with zero attached hydrogens (tertiary/aromatic N) is 2. The van der Waals surface area contributed by atoms with Crippen molar-refractivity contribution in [3.8, 4) is 0 Å². The standard InChI is InChI=1S/C7H10N2/c1-3-6-5-8-7(4-2)9-6/h4-5H,3H2,1-2H3/b7-4+. The van der Waals surface area contributed by atoms with Gasteiger partial charge in [0, 0.05) is 0 Å². The van der Waals surface area contributed by atoms with Gasteiger partial charge in [-0.05, 0) is 19.4 Å². The van der Waals surface area contributed by atoms with Crippen molar-refractivity contribution in [2.24, 2.45) is 9.98 Å². The summed E-state index contributed by atoms with van der Waals surface area (Å²) >= 11 is 0. The summed E-state index contributed by atoms with van der Waals surface area (Å²) in [5.74, 6) is 0.840. The molecule has 0 N–H and O–H groups in total. The molecule has 0 aromatic heterocycles. The van der Waals surface area contributed by atoms with Crippen molar-refractivity contribution >= 4 is 11.9 Å². The summed E-state index contributed by atoms with van der Waals surface area (Å²) < 4.78 is 0. The van der Waals surface area contributed by atoms with E-state index in [-0.39, 0.29) is 0 Å². The lowest BCUT2D eigenvalue weighted by molar-refractivity contribution is 1.23. The van der Waals surface area contributed by atoms with Crippen molar-refractivity contribution in [2.45, 2.75) is 20.3 Å². The Bertz CT molecular complexity index is 187. The Labute approximate surface area is 55.0 Å². The van der Waals surface area contributed by atoms with Gasteiger partial charge in [-0.1, -0.05) is 6.92 Å². The van der Waals surface area contributed by atoms with Gasteiger partial charge in [0.05, 0.1) is 11.9 Å². The van der Waals surface area contributed by atoms with Crippen LogP contribution < -0.4 is 0 Å². The van der Waals surface area contributed by atoms with E-state index >= 15 is 0 Å². The van der Waals surface area contributed by atoms with Gasteiger partial charge in [0.2, 0.25) is 0 Å². The van der Waals surface area contributed by atoms with Crippen LogP contribution in [0.2, 0.25) is 0 Å². The monoisotopic (exact) mass is 122 g/mol. The Morgan fingerprint density at radius 1 is 1.67 bits per heavy atom. The van der Waals surface area contributed by atoms with E-state index in [9.17, 15) is 0 Å². The minimum atomic E-state index is 0.840. The van der Waals surface area contributed by atoms with Crippen molar-refractivity contribution in [1.29, 1.82) is 0 Å². The fourth-order valence-corrected chi connectivity index (χ4v) is 0.655. The van der Waals surface area contributed by atoms with Gasteiger partial charge in [-0.25, -0.2) is 9.98 Å². The van der Waals surface area contributed by atoms with Crippen molar-refractivity contribution in [2.75, 3.05) is 0 Å². The van der Waals surface area contributed by atoms with Crippen LogP contribution in [0.4, 0.5) is 0 Å². The van der Waals surface area contributed by atoms with E-state index in [0.717, 1.165) is 18.0 Å². The first kappa shape index (κ1) is 6.20. The lowest BCUT2D eigenvalue weighted by Gasteiger charge is -1.83. The maximum atomic E-state index is 4.18. The predicted octanol–water partition coefficient (Wildman–Crippen LogP) is 1.78. The molecule has 0 spiro atoms. The SMILES string of the molecule is C/C=C1\N=CC(CC)=N1. The van der Waals surface area contributed by atoms with Gasteiger partial charge in [0.1, 0.15) is 5.82 Å². The molecule has 0 bridgehead atoms. The van der Waals surface area contributed by atoms with Crippen molar-refractivity contribution < 1.29 is 0 Å². The molecule has 0 saturated carbocycles. The van der Waals surface area contributed by atoms with Crippen molar-refractivity contribution in [3.63, 3.8) is 0 Å². The van der Waals surface area contributed by atoms with Gasteiger partial charge in [-0.3, -0.25) is 0 Å². The third-order valence-corrected chi connectivity index (χ3v) is 1.22. The second-order valence-electron chi connectivity index (χ2n) is 1.86. The molecule has 9 heavy (non-hydrogen) atoms. The molecule has 0 aromatic rings. The van der Waals surface area contributed by atoms with Crippen LogP contribution in [0.1, 0.15) is 20.3 Å². The van der Waals surface area contributed by atoms with E-state index in [2.05, 4.69) is 16.9 Å². The fraction of sp³-hybridized carbons (Fsp3) is 0.429. The molecule has 0 amide bonds. The number of rotatable bonds is 1. The average Bonchev–Trinajstić information content (AvgIpc) is 2.34. The van der Waals surface area contributed by atoms with Crippen LogP contribution in [-0.4, -0.2) is 11.9 Å². The second-order valence-corrected chi connectivity index (χ2v) is 1.86. The van der Waals surface area contributed by atoms with Gasteiger partial charge >= 0.3 is 0 Å². The summed E-state index contributed by atoms with van der Waals surface area (Å²) in [6.07, 6.45) is 4.69. The molecule has 0 aromatic carbocycles. The zero-order valence-electron chi connectivity index (χ0n) is 5.76. The molecule has 0 atom stereocenters. The van der Waals surface area contributed by atoms with Crippen LogP contribution >= 0.6 is 0 Å². The van der Waals surface area contributed by atoms with Gasteiger partial charge < -0.3 is 0 Å². The number of aliphatic imine (C=N–C) groups is 2. The molecule has 1 aliphatic heterocycles. The normalized spacial score (nSPS) is 21.1. The summed E-state index contributed by atoms with van der Waals surface area (Å²) in [6, 6.07) is 0. The molecule has 0 unspecified atom stereocenters. The Morgan fingerprint density at radius 2 is 2.44 bits per heavy atom. The first-order chi connectivity index (χ1) is 4.36. The second kappa shape index (κ2) is 2.58. The minimum Gasteiger partial charge on any atom is -0.236 e. The maximum Gasteiger partial charge on any atom is 0.147 e. The Hall–Kier alpha value is -0.920. The van der Waals surface area contributed by atoms with E-state index in [1.165, 1.54) is 0 Å². The van der Waals surface area contributed by atoms with E-state index < -0.39 is 0 Å². The van der Waals surface area contributed by atoms with Crippen LogP contribution in [0.5, 0.6) is 0 Å². The quantitative estimate of drug-likeness (QED) is 0.506. The highest BCUT2D eigenvalue weighted by atomic mass is 15.0. The van der Waals surface area contributed by atoms with E-state index in [1.54, 1.807) is 0 Å². The fourth-order valence-electron chi connectivity index (χ4n) is 0.655. The number of hydrogen-bond acceptors (Lipinski definition) is 2. The Balaban J connectivity index is 2.74. The molecule has 2 heteroatoms. The zero-order chi connectivity index (χ0) is 6.69. The summed E-state index contributed by atoms with van der Waals surface area (Å²) in [7, 11) is 0. The average molecular weight is 122 g/mol. The summed E-state index contributed by atoms with van der Waals surface area (Å²) in [6.45, 7) is 4.01. The highest BCUT2D eigenvalue weighted by Crippen LogP contribution is 2.05. The first-order valence-electron chi connectivity index (χ1n) is 3.14. The number of hydrogen-bond donors (Lipinski definition) is 0. The van der Waals surface area contributed by atoms with Crippen LogP contribution in [-0.2, 0) is 0 Å². The molecule has 1 aliphatic rings. The van der Waals surface area contributed by atoms with Crippen LogP contribution in [0, 0.1) is 0 Å². The molecule has 0 radical (unpaired) electrons. The van der Waals surface area contributed by atoms with E-state index in [4.69, 9.17) is 0 Å². The molecule has 2 nitrogen and oxygen atoms in total. The van der Waals surface area contributed by atoms with Crippen LogP contribution in [0.15, 0.2) is 21.9 Å². The lowest BCUT2D eigenvalue weighted by Crippen LogP contribution is -1.90. The van der Waals surface area contributed by atoms with Gasteiger partial charge in [-0.15, -0.1) is 0 Å². The van der Waals surface area contributed by atoms with E-state index in [0.29, 0.717) is 0 Å². The van der Waals surface area contributed by atoms with Crippen molar-refractivity contribution in [1.82, 2.24) is 0 Å². The van der Waals surface area contributed by atoms with Crippen molar-refractivity contribution in [3.05, 3.63) is 11.9 Å². The molecule has 0 aliphatic carbocycles. The summed E-state index contributed by atoms with van der Waals surface area (Å²) in [5.41, 5.74) is 1.07. The van der Waals surface area contributed by atoms with E-state index in [1.807, 2.05) is 19.2 Å².